The van der Waals surface area contributed by atoms with Gasteiger partial charge in [-0.2, -0.15) is 0 Å². The molecule has 0 spiro atoms. The molecule has 2 aromatic heterocycles. The molecular weight excluding hydrogens is 632 g/mol. The number of ether oxygens (including phenoxy) is 1. The highest BCUT2D eigenvalue weighted by atomic mass is 16.5. The minimum absolute atomic E-state index is 0.0178. The molecule has 12 nitrogen and oxygen atoms in total. The number of hydrogen-bond acceptors (Lipinski definition) is 7. The Morgan fingerprint density at radius 2 is 1.44 bits per heavy atom. The third-order valence-corrected chi connectivity index (χ3v) is 11.5. The SMILES string of the molecule is COC(=O)NC(C)C(=O)N1C2CCC(C2)C1c1ncc(C2=CC=C(C3=CC=C(c4cnc(C5CCCC(C)N5C(=O)C(C)N)[nH]4)CC3)CC2)[nH]1. The van der Waals surface area contributed by atoms with Crippen LogP contribution in [-0.2, 0) is 14.3 Å². The van der Waals surface area contributed by atoms with Crippen molar-refractivity contribution in [3.8, 4) is 0 Å². The summed E-state index contributed by atoms with van der Waals surface area (Å²) in [5.74, 6) is 1.91. The molecule has 7 rings (SSSR count). The molecule has 3 aliphatic carbocycles. The van der Waals surface area contributed by atoms with Gasteiger partial charge in [0.05, 0.1) is 49.0 Å². The van der Waals surface area contributed by atoms with Crippen molar-refractivity contribution in [3.63, 3.8) is 0 Å². The number of allylic oxidation sites excluding steroid dienone is 8. The van der Waals surface area contributed by atoms with Gasteiger partial charge in [0.15, 0.2) is 0 Å². The minimum atomic E-state index is -0.672. The summed E-state index contributed by atoms with van der Waals surface area (Å²) >= 11 is 0. The maximum Gasteiger partial charge on any atom is 0.407 e. The molecule has 4 heterocycles. The van der Waals surface area contributed by atoms with Crippen LogP contribution in [0.15, 0.2) is 47.8 Å². The van der Waals surface area contributed by atoms with Gasteiger partial charge in [-0.15, -0.1) is 0 Å². The Kier molecular flexibility index (Phi) is 9.56. The summed E-state index contributed by atoms with van der Waals surface area (Å²) in [6.45, 7) is 5.56. The maximum absolute atomic E-state index is 13.5. The van der Waals surface area contributed by atoms with Crippen LogP contribution in [0, 0.1) is 5.92 Å². The standard InChI is InChI=1S/C38H50N8O4/c1-21-6-5-7-32(45(21)36(47)22(2)39)34-40-19-30(43-34)26-12-8-24(9-13-26)25-10-14-27(15-11-25)31-20-41-35(44-31)33-28-16-17-29(18-28)46(33)37(48)23(3)42-38(49)50-4/h8,10,12,14,19-23,28-29,32-33H,5-7,9,11,13,15-18,39H2,1-4H3,(H,40,43)(H,41,44)(H,42,49). The number of imidazole rings is 2. The molecule has 0 aromatic carbocycles. The van der Waals surface area contributed by atoms with Crippen LogP contribution >= 0.6 is 0 Å². The van der Waals surface area contributed by atoms with Crippen molar-refractivity contribution in [2.24, 2.45) is 11.7 Å². The number of alkyl carbamates (subject to hydrolysis) is 1. The summed E-state index contributed by atoms with van der Waals surface area (Å²) in [6.07, 6.45) is 21.8. The van der Waals surface area contributed by atoms with Crippen molar-refractivity contribution >= 4 is 29.1 Å². The Morgan fingerprint density at radius 1 is 0.840 bits per heavy atom. The summed E-state index contributed by atoms with van der Waals surface area (Å²) in [5.41, 5.74) is 13.2. The number of carbonyl (C=O) groups excluding carboxylic acids is 3. The number of rotatable bonds is 8. The Hall–Kier alpha value is -4.45. The second-order valence-electron chi connectivity index (χ2n) is 14.7. The molecule has 2 bridgehead atoms. The van der Waals surface area contributed by atoms with Gasteiger partial charge in [0.25, 0.3) is 0 Å². The second kappa shape index (κ2) is 14.0. The number of amides is 3. The number of aromatic amines is 2. The summed E-state index contributed by atoms with van der Waals surface area (Å²) in [5, 5.41) is 2.63. The van der Waals surface area contributed by atoms with Gasteiger partial charge >= 0.3 is 6.09 Å². The van der Waals surface area contributed by atoms with Crippen LogP contribution in [-0.4, -0.2) is 78.9 Å². The van der Waals surface area contributed by atoms with Crippen molar-refractivity contribution in [3.05, 3.63) is 70.9 Å². The zero-order valence-electron chi connectivity index (χ0n) is 29.6. The largest absolute Gasteiger partial charge is 0.453 e. The fourth-order valence-corrected chi connectivity index (χ4v) is 8.82. The Labute approximate surface area is 293 Å². The van der Waals surface area contributed by atoms with Crippen LogP contribution in [0.4, 0.5) is 4.79 Å². The van der Waals surface area contributed by atoms with Crippen molar-refractivity contribution in [2.45, 2.75) is 121 Å². The summed E-state index contributed by atoms with van der Waals surface area (Å²) in [4.78, 5) is 58.7. The van der Waals surface area contributed by atoms with E-state index in [9.17, 15) is 14.4 Å². The van der Waals surface area contributed by atoms with Crippen molar-refractivity contribution in [1.82, 2.24) is 35.1 Å². The monoisotopic (exact) mass is 682 g/mol. The lowest BCUT2D eigenvalue weighted by Gasteiger charge is -2.40. The lowest BCUT2D eigenvalue weighted by molar-refractivity contribution is -0.139. The van der Waals surface area contributed by atoms with E-state index < -0.39 is 18.2 Å². The molecule has 2 aliphatic heterocycles. The molecule has 5 aliphatic rings. The van der Waals surface area contributed by atoms with Gasteiger partial charge in [0.2, 0.25) is 11.8 Å². The molecule has 3 fully saturated rings. The van der Waals surface area contributed by atoms with Gasteiger partial charge < -0.3 is 35.6 Å². The number of H-pyrrole nitrogens is 2. The lowest BCUT2D eigenvalue weighted by Crippen LogP contribution is -2.50. The number of carbonyl (C=O) groups is 3. The predicted octanol–water partition coefficient (Wildman–Crippen LogP) is 5.63. The molecule has 1 saturated carbocycles. The topological polar surface area (TPSA) is 162 Å². The minimum Gasteiger partial charge on any atom is -0.453 e. The molecule has 2 aromatic rings. The van der Waals surface area contributed by atoms with E-state index in [0.29, 0.717) is 5.92 Å². The highest BCUT2D eigenvalue weighted by Crippen LogP contribution is 2.50. The molecule has 2 saturated heterocycles. The van der Waals surface area contributed by atoms with Gasteiger partial charge in [0.1, 0.15) is 17.7 Å². The summed E-state index contributed by atoms with van der Waals surface area (Å²) in [7, 11) is 1.30. The third-order valence-electron chi connectivity index (χ3n) is 11.5. The van der Waals surface area contributed by atoms with Crippen molar-refractivity contribution in [2.75, 3.05) is 7.11 Å². The quantitative estimate of drug-likeness (QED) is 0.281. The molecule has 7 unspecified atom stereocenters. The van der Waals surface area contributed by atoms with E-state index >= 15 is 0 Å². The van der Waals surface area contributed by atoms with Crippen molar-refractivity contribution < 1.29 is 19.1 Å². The van der Waals surface area contributed by atoms with Crippen molar-refractivity contribution in [1.29, 1.82) is 0 Å². The second-order valence-corrected chi connectivity index (χ2v) is 14.7. The molecule has 12 heteroatoms. The van der Waals surface area contributed by atoms with Crippen LogP contribution in [0.5, 0.6) is 0 Å². The first-order valence-electron chi connectivity index (χ1n) is 18.3. The van der Waals surface area contributed by atoms with E-state index in [1.807, 2.05) is 22.2 Å². The van der Waals surface area contributed by atoms with Gasteiger partial charge in [-0.3, -0.25) is 9.59 Å². The van der Waals surface area contributed by atoms with Crippen LogP contribution in [0.1, 0.15) is 120 Å². The molecule has 50 heavy (non-hydrogen) atoms. The first-order chi connectivity index (χ1) is 24.1. The van der Waals surface area contributed by atoms with Gasteiger partial charge in [-0.1, -0.05) is 24.3 Å². The smallest absolute Gasteiger partial charge is 0.407 e. The zero-order chi connectivity index (χ0) is 35.1. The summed E-state index contributed by atoms with van der Waals surface area (Å²) in [6, 6.07) is -1.08. The average molecular weight is 683 g/mol. The molecule has 5 N–H and O–H groups in total. The first-order valence-corrected chi connectivity index (χ1v) is 18.3. The molecule has 266 valence electrons. The average Bonchev–Trinajstić information content (AvgIpc) is 3.96. The van der Waals surface area contributed by atoms with Crippen LogP contribution in [0.3, 0.4) is 0 Å². The van der Waals surface area contributed by atoms with E-state index in [4.69, 9.17) is 20.4 Å². The van der Waals surface area contributed by atoms with E-state index in [2.05, 4.69) is 46.5 Å². The normalized spacial score (nSPS) is 27.6. The Morgan fingerprint density at radius 3 is 2.04 bits per heavy atom. The lowest BCUT2D eigenvalue weighted by atomic mass is 9.86. The Balaban J connectivity index is 1.02. The highest BCUT2D eigenvalue weighted by Gasteiger charge is 2.50. The molecular formula is C38H50N8O4. The number of likely N-dealkylation sites (tertiary alicyclic amines) is 2. The third kappa shape index (κ3) is 6.45. The van der Waals surface area contributed by atoms with Crippen LogP contribution in [0.25, 0.3) is 11.1 Å². The number of fused-ring (bicyclic) bond motifs is 2. The highest BCUT2D eigenvalue weighted by molar-refractivity contribution is 5.86. The van der Waals surface area contributed by atoms with Gasteiger partial charge in [-0.05, 0) is 113 Å². The van der Waals surface area contributed by atoms with Gasteiger partial charge in [0, 0.05) is 12.1 Å². The Bertz CT molecular complexity index is 1760. The molecule has 0 radical (unpaired) electrons. The molecule has 3 amide bonds. The van der Waals surface area contributed by atoms with Crippen LogP contribution in [0.2, 0.25) is 0 Å². The number of nitrogens with zero attached hydrogens (tertiary/aromatic N) is 4. The fraction of sp³-hybridized carbons (Fsp3) is 0.553. The van der Waals surface area contributed by atoms with Crippen LogP contribution < -0.4 is 11.1 Å². The summed E-state index contributed by atoms with van der Waals surface area (Å²) < 4.78 is 4.71. The van der Waals surface area contributed by atoms with E-state index in [1.165, 1.54) is 29.4 Å². The first kappa shape index (κ1) is 34.0. The van der Waals surface area contributed by atoms with E-state index in [-0.39, 0.29) is 36.0 Å². The number of aromatic nitrogens is 4. The molecule has 7 atom stereocenters. The number of nitrogens with one attached hydrogen (secondary N) is 3. The van der Waals surface area contributed by atoms with E-state index in [0.717, 1.165) is 87.2 Å². The van der Waals surface area contributed by atoms with E-state index in [1.54, 1.807) is 13.8 Å². The van der Waals surface area contributed by atoms with Gasteiger partial charge in [-0.25, -0.2) is 14.8 Å². The number of nitrogens with two attached hydrogens (primary N) is 1. The maximum atomic E-state index is 13.5. The zero-order valence-corrected chi connectivity index (χ0v) is 29.6. The number of hydrogen-bond donors (Lipinski definition) is 4. The number of methoxy groups -OCH3 is 1. The number of piperidine rings is 2. The predicted molar refractivity (Wildman–Crippen MR) is 190 cm³/mol. The fourth-order valence-electron chi connectivity index (χ4n) is 8.82.